The molecule has 1 fully saturated rings. The summed E-state index contributed by atoms with van der Waals surface area (Å²) in [5.41, 5.74) is 7.28. The van der Waals surface area contributed by atoms with E-state index >= 15 is 0 Å². The van der Waals surface area contributed by atoms with Crippen molar-refractivity contribution in [2.24, 2.45) is 11.1 Å². The highest BCUT2D eigenvalue weighted by atomic mass is 19.1. The Morgan fingerprint density at radius 2 is 2.20 bits per heavy atom. The van der Waals surface area contributed by atoms with Crippen LogP contribution in [0.15, 0.2) is 18.2 Å². The lowest BCUT2D eigenvalue weighted by molar-refractivity contribution is 0.111. The van der Waals surface area contributed by atoms with Crippen molar-refractivity contribution >= 4 is 0 Å². The van der Waals surface area contributed by atoms with E-state index in [-0.39, 0.29) is 12.4 Å². The minimum atomic E-state index is -0.270. The first-order chi connectivity index (χ1) is 9.50. The van der Waals surface area contributed by atoms with Gasteiger partial charge in [0.05, 0.1) is 12.1 Å². The van der Waals surface area contributed by atoms with Gasteiger partial charge in [-0.25, -0.2) is 4.39 Å². The van der Waals surface area contributed by atoms with Gasteiger partial charge < -0.3 is 5.73 Å². The van der Waals surface area contributed by atoms with Crippen LogP contribution in [-0.2, 0) is 6.54 Å². The third-order valence-corrected chi connectivity index (χ3v) is 3.74. The molecular formula is C17H23FN2. The van der Waals surface area contributed by atoms with Gasteiger partial charge in [-0.15, -0.1) is 0 Å². The highest BCUT2D eigenvalue weighted by molar-refractivity contribution is 5.38. The molecule has 0 spiro atoms. The Bertz CT molecular complexity index is 526. The van der Waals surface area contributed by atoms with Gasteiger partial charge in [0, 0.05) is 13.1 Å². The molecule has 1 heterocycles. The van der Waals surface area contributed by atoms with Crippen LogP contribution in [0.1, 0.15) is 37.8 Å². The third kappa shape index (κ3) is 4.06. The van der Waals surface area contributed by atoms with Gasteiger partial charge in [-0.05, 0) is 42.5 Å². The van der Waals surface area contributed by atoms with Gasteiger partial charge in [-0.3, -0.25) is 4.90 Å². The molecule has 0 aromatic heterocycles. The maximum atomic E-state index is 13.6. The maximum absolute atomic E-state index is 13.6. The Morgan fingerprint density at radius 3 is 2.90 bits per heavy atom. The third-order valence-electron chi connectivity index (χ3n) is 3.74. The summed E-state index contributed by atoms with van der Waals surface area (Å²) in [5.74, 6) is 5.24. The Kier molecular flexibility index (Phi) is 4.80. The lowest BCUT2D eigenvalue weighted by Gasteiger charge is -2.38. The predicted octanol–water partition coefficient (Wildman–Crippen LogP) is 2.76. The molecule has 20 heavy (non-hydrogen) atoms. The average Bonchev–Trinajstić information content (AvgIpc) is 2.38. The number of benzene rings is 1. The standard InChI is InChI=1S/C17H23FN2/c1-17(2)8-4-10-20(13-17)12-14-6-7-16(18)15(11-14)5-3-9-19/h6-7,11H,4,8-10,12-13,19H2,1-2H3. The van der Waals surface area contributed by atoms with Crippen LogP contribution in [0.4, 0.5) is 4.39 Å². The molecule has 2 nitrogen and oxygen atoms in total. The zero-order valence-corrected chi connectivity index (χ0v) is 12.4. The fourth-order valence-electron chi connectivity index (χ4n) is 2.85. The first-order valence-corrected chi connectivity index (χ1v) is 7.20. The fourth-order valence-corrected chi connectivity index (χ4v) is 2.85. The summed E-state index contributed by atoms with van der Waals surface area (Å²) in [6.07, 6.45) is 2.51. The number of hydrogen-bond donors (Lipinski definition) is 1. The second-order valence-electron chi connectivity index (χ2n) is 6.30. The van der Waals surface area contributed by atoms with Gasteiger partial charge in [0.25, 0.3) is 0 Å². The van der Waals surface area contributed by atoms with E-state index in [4.69, 9.17) is 5.73 Å². The SMILES string of the molecule is CC1(C)CCCN(Cc2ccc(F)c(C#CCN)c2)C1. The van der Waals surface area contributed by atoms with Crippen molar-refractivity contribution in [2.75, 3.05) is 19.6 Å². The summed E-state index contributed by atoms with van der Waals surface area (Å²) in [7, 11) is 0. The van der Waals surface area contributed by atoms with Crippen molar-refractivity contribution in [2.45, 2.75) is 33.2 Å². The Morgan fingerprint density at radius 1 is 1.40 bits per heavy atom. The number of piperidine rings is 1. The molecule has 1 aliphatic heterocycles. The summed E-state index contributed by atoms with van der Waals surface area (Å²) >= 11 is 0. The second-order valence-corrected chi connectivity index (χ2v) is 6.30. The number of likely N-dealkylation sites (tertiary alicyclic amines) is 1. The molecule has 2 rings (SSSR count). The molecule has 0 unspecified atom stereocenters. The summed E-state index contributed by atoms with van der Waals surface area (Å²) in [6, 6.07) is 5.20. The highest BCUT2D eigenvalue weighted by Crippen LogP contribution is 2.29. The Hall–Kier alpha value is -1.37. The first-order valence-electron chi connectivity index (χ1n) is 7.20. The van der Waals surface area contributed by atoms with Crippen LogP contribution in [0.3, 0.4) is 0 Å². The lowest BCUT2D eigenvalue weighted by Crippen LogP contribution is -2.39. The van der Waals surface area contributed by atoms with Crippen molar-refractivity contribution in [1.82, 2.24) is 4.90 Å². The normalized spacial score (nSPS) is 18.4. The Balaban J connectivity index is 2.09. The van der Waals surface area contributed by atoms with Gasteiger partial charge in [-0.2, -0.15) is 0 Å². The van der Waals surface area contributed by atoms with E-state index < -0.39 is 0 Å². The summed E-state index contributed by atoms with van der Waals surface area (Å²) < 4.78 is 13.6. The molecule has 1 aromatic rings. The molecular weight excluding hydrogens is 251 g/mol. The topological polar surface area (TPSA) is 29.3 Å². The molecule has 1 saturated heterocycles. The van der Waals surface area contributed by atoms with E-state index in [1.807, 2.05) is 12.1 Å². The number of hydrogen-bond acceptors (Lipinski definition) is 2. The highest BCUT2D eigenvalue weighted by Gasteiger charge is 2.26. The minimum absolute atomic E-state index is 0.254. The monoisotopic (exact) mass is 274 g/mol. The van der Waals surface area contributed by atoms with Gasteiger partial charge in [0.2, 0.25) is 0 Å². The van der Waals surface area contributed by atoms with Crippen molar-refractivity contribution in [3.8, 4) is 11.8 Å². The van der Waals surface area contributed by atoms with Crippen molar-refractivity contribution in [3.63, 3.8) is 0 Å². The van der Waals surface area contributed by atoms with Gasteiger partial charge in [0.1, 0.15) is 5.82 Å². The van der Waals surface area contributed by atoms with E-state index in [2.05, 4.69) is 30.6 Å². The molecule has 0 aliphatic carbocycles. The van der Waals surface area contributed by atoms with E-state index in [0.717, 1.165) is 25.2 Å². The van der Waals surface area contributed by atoms with E-state index in [9.17, 15) is 4.39 Å². The average molecular weight is 274 g/mol. The fraction of sp³-hybridized carbons (Fsp3) is 0.529. The molecule has 3 heteroatoms. The molecule has 2 N–H and O–H groups in total. The van der Waals surface area contributed by atoms with Gasteiger partial charge in [0.15, 0.2) is 0 Å². The number of halogens is 1. The largest absolute Gasteiger partial charge is 0.320 e. The lowest BCUT2D eigenvalue weighted by atomic mass is 9.84. The van der Waals surface area contributed by atoms with Gasteiger partial charge in [-0.1, -0.05) is 31.8 Å². The number of nitrogens with zero attached hydrogens (tertiary/aromatic N) is 1. The van der Waals surface area contributed by atoms with Crippen molar-refractivity contribution in [1.29, 1.82) is 0 Å². The zero-order valence-electron chi connectivity index (χ0n) is 12.4. The molecule has 0 atom stereocenters. The number of nitrogens with two attached hydrogens (primary N) is 1. The van der Waals surface area contributed by atoms with Crippen molar-refractivity contribution in [3.05, 3.63) is 35.1 Å². The summed E-state index contributed by atoms with van der Waals surface area (Å²) in [4.78, 5) is 2.44. The molecule has 0 amide bonds. The molecule has 108 valence electrons. The molecule has 0 radical (unpaired) electrons. The Labute approximate surface area is 121 Å². The first kappa shape index (κ1) is 15.0. The molecule has 1 aliphatic rings. The smallest absolute Gasteiger partial charge is 0.138 e. The molecule has 0 bridgehead atoms. The molecule has 0 saturated carbocycles. The van der Waals surface area contributed by atoms with Crippen LogP contribution in [0.5, 0.6) is 0 Å². The van der Waals surface area contributed by atoms with E-state index in [1.54, 1.807) is 0 Å². The van der Waals surface area contributed by atoms with E-state index in [0.29, 0.717) is 11.0 Å². The van der Waals surface area contributed by atoms with Gasteiger partial charge >= 0.3 is 0 Å². The minimum Gasteiger partial charge on any atom is -0.320 e. The van der Waals surface area contributed by atoms with Crippen LogP contribution in [0.25, 0.3) is 0 Å². The second kappa shape index (κ2) is 6.39. The number of rotatable bonds is 2. The van der Waals surface area contributed by atoms with Crippen LogP contribution in [0, 0.1) is 23.1 Å². The van der Waals surface area contributed by atoms with Crippen LogP contribution < -0.4 is 5.73 Å². The predicted molar refractivity (Wildman–Crippen MR) is 80.6 cm³/mol. The van der Waals surface area contributed by atoms with Crippen LogP contribution in [0.2, 0.25) is 0 Å². The molecule has 1 aromatic carbocycles. The van der Waals surface area contributed by atoms with Crippen molar-refractivity contribution < 1.29 is 4.39 Å². The van der Waals surface area contributed by atoms with Crippen LogP contribution >= 0.6 is 0 Å². The summed E-state index contributed by atoms with van der Waals surface area (Å²) in [5, 5.41) is 0. The summed E-state index contributed by atoms with van der Waals surface area (Å²) in [6.45, 7) is 7.94. The van der Waals surface area contributed by atoms with Crippen LogP contribution in [-0.4, -0.2) is 24.5 Å². The zero-order chi connectivity index (χ0) is 14.6. The quantitative estimate of drug-likeness (QED) is 0.840. The maximum Gasteiger partial charge on any atom is 0.138 e. The van der Waals surface area contributed by atoms with E-state index in [1.165, 1.54) is 18.9 Å².